The van der Waals surface area contributed by atoms with Crippen molar-refractivity contribution in [1.82, 2.24) is 16.1 Å². The lowest BCUT2D eigenvalue weighted by Crippen LogP contribution is -2.01. The molecule has 29 heavy (non-hydrogen) atoms. The summed E-state index contributed by atoms with van der Waals surface area (Å²) in [6, 6.07) is 14.7. The first-order valence-electron chi connectivity index (χ1n) is 8.86. The molecule has 0 saturated heterocycles. The number of anilines is 2. The summed E-state index contributed by atoms with van der Waals surface area (Å²) in [7, 11) is 0. The lowest BCUT2D eigenvalue weighted by Gasteiger charge is -2.15. The molecule has 146 valence electrons. The molecule has 0 saturated carbocycles. The van der Waals surface area contributed by atoms with Crippen LogP contribution in [0.5, 0.6) is 11.5 Å². The average molecular weight is 390 g/mol. The molecule has 3 heterocycles. The van der Waals surface area contributed by atoms with Crippen LogP contribution < -0.4 is 20.9 Å². The van der Waals surface area contributed by atoms with Crippen LogP contribution in [0.4, 0.5) is 15.8 Å². The van der Waals surface area contributed by atoms with Crippen molar-refractivity contribution in [2.24, 2.45) is 0 Å². The SMILES string of the molecule is Cc1ccc2c(Nc3ccncc3)c(F)c(-c3ccc4c(c3)OCO4)nc2c1.N. The number of hydrogen-bond donors (Lipinski definition) is 2. The van der Waals surface area contributed by atoms with Crippen LogP contribution in [0.15, 0.2) is 60.9 Å². The van der Waals surface area contributed by atoms with Crippen LogP contribution >= 0.6 is 0 Å². The minimum atomic E-state index is -0.424. The monoisotopic (exact) mass is 390 g/mol. The molecule has 0 unspecified atom stereocenters. The van der Waals surface area contributed by atoms with Gasteiger partial charge in [-0.3, -0.25) is 4.98 Å². The molecule has 1 aliphatic rings. The van der Waals surface area contributed by atoms with E-state index in [4.69, 9.17) is 9.47 Å². The van der Waals surface area contributed by atoms with Crippen molar-refractivity contribution in [3.05, 3.63) is 72.3 Å². The van der Waals surface area contributed by atoms with Crippen molar-refractivity contribution < 1.29 is 13.9 Å². The summed E-state index contributed by atoms with van der Waals surface area (Å²) < 4.78 is 26.4. The largest absolute Gasteiger partial charge is 0.454 e. The van der Waals surface area contributed by atoms with Crippen LogP contribution in [0.2, 0.25) is 0 Å². The summed E-state index contributed by atoms with van der Waals surface area (Å²) >= 11 is 0. The average Bonchev–Trinajstić information content (AvgIpc) is 3.18. The fourth-order valence-electron chi connectivity index (χ4n) is 3.29. The number of nitrogens with zero attached hydrogens (tertiary/aromatic N) is 2. The molecule has 1 aliphatic heterocycles. The first-order chi connectivity index (χ1) is 13.7. The van der Waals surface area contributed by atoms with Gasteiger partial charge in [0.25, 0.3) is 0 Å². The van der Waals surface area contributed by atoms with Crippen LogP contribution in [-0.2, 0) is 0 Å². The third-order valence-corrected chi connectivity index (χ3v) is 4.68. The van der Waals surface area contributed by atoms with E-state index in [0.29, 0.717) is 33.7 Å². The van der Waals surface area contributed by atoms with E-state index >= 15 is 4.39 Å². The molecule has 0 atom stereocenters. The molecular weight excluding hydrogens is 371 g/mol. The van der Waals surface area contributed by atoms with E-state index in [2.05, 4.69) is 15.3 Å². The van der Waals surface area contributed by atoms with E-state index in [9.17, 15) is 0 Å². The Balaban J connectivity index is 0.00000205. The van der Waals surface area contributed by atoms with Crippen LogP contribution in [0.3, 0.4) is 0 Å². The molecule has 0 radical (unpaired) electrons. The van der Waals surface area contributed by atoms with Crippen molar-refractivity contribution >= 4 is 22.3 Å². The molecule has 2 aromatic heterocycles. The zero-order chi connectivity index (χ0) is 19.1. The highest BCUT2D eigenvalue weighted by atomic mass is 19.1. The zero-order valence-electron chi connectivity index (χ0n) is 15.8. The number of aromatic nitrogens is 2. The number of benzene rings is 2. The fourth-order valence-corrected chi connectivity index (χ4v) is 3.29. The summed E-state index contributed by atoms with van der Waals surface area (Å²) in [4.78, 5) is 8.62. The zero-order valence-corrected chi connectivity index (χ0v) is 15.8. The van der Waals surface area contributed by atoms with Crippen molar-refractivity contribution in [2.75, 3.05) is 12.1 Å². The smallest absolute Gasteiger partial charge is 0.231 e. The second-order valence-electron chi connectivity index (χ2n) is 6.60. The van der Waals surface area contributed by atoms with Gasteiger partial charge in [0.15, 0.2) is 17.3 Å². The lowest BCUT2D eigenvalue weighted by atomic mass is 10.0. The van der Waals surface area contributed by atoms with E-state index in [1.807, 2.05) is 25.1 Å². The van der Waals surface area contributed by atoms with Gasteiger partial charge in [-0.2, -0.15) is 0 Å². The third-order valence-electron chi connectivity index (χ3n) is 4.68. The van der Waals surface area contributed by atoms with Gasteiger partial charge in [0.2, 0.25) is 6.79 Å². The van der Waals surface area contributed by atoms with Gasteiger partial charge in [0.05, 0.1) is 11.2 Å². The quantitative estimate of drug-likeness (QED) is 0.488. The molecule has 7 heteroatoms. The third kappa shape index (κ3) is 3.32. The Bertz CT molecular complexity index is 1200. The molecule has 0 bridgehead atoms. The molecule has 2 aromatic carbocycles. The van der Waals surface area contributed by atoms with Gasteiger partial charge >= 0.3 is 0 Å². The molecular formula is C22H19FN4O2. The first kappa shape index (κ1) is 18.6. The van der Waals surface area contributed by atoms with Crippen LogP contribution in [0.1, 0.15) is 5.56 Å². The predicted molar refractivity (Wildman–Crippen MR) is 111 cm³/mol. The number of hydrogen-bond acceptors (Lipinski definition) is 6. The van der Waals surface area contributed by atoms with Gasteiger partial charge in [0, 0.05) is 29.0 Å². The van der Waals surface area contributed by atoms with E-state index in [1.54, 1.807) is 42.7 Å². The molecule has 6 nitrogen and oxygen atoms in total. The normalized spacial score (nSPS) is 11.9. The highest BCUT2D eigenvalue weighted by Crippen LogP contribution is 2.39. The Morgan fingerprint density at radius 2 is 1.76 bits per heavy atom. The Kier molecular flexibility index (Phi) is 4.74. The van der Waals surface area contributed by atoms with Gasteiger partial charge < -0.3 is 20.9 Å². The number of ether oxygens (including phenoxy) is 2. The van der Waals surface area contributed by atoms with Gasteiger partial charge in [-0.1, -0.05) is 12.1 Å². The van der Waals surface area contributed by atoms with Crippen LogP contribution in [0.25, 0.3) is 22.2 Å². The molecule has 5 rings (SSSR count). The molecule has 4 aromatic rings. The Labute approximate surface area is 166 Å². The second-order valence-corrected chi connectivity index (χ2v) is 6.60. The predicted octanol–water partition coefficient (Wildman–Crippen LogP) is 5.38. The van der Waals surface area contributed by atoms with Crippen LogP contribution in [-0.4, -0.2) is 16.8 Å². The van der Waals surface area contributed by atoms with E-state index in [1.165, 1.54) is 0 Å². The van der Waals surface area contributed by atoms with E-state index in [0.717, 1.165) is 11.3 Å². The molecule has 0 spiro atoms. The fraction of sp³-hybridized carbons (Fsp3) is 0.0909. The number of rotatable bonds is 3. The van der Waals surface area contributed by atoms with Crippen molar-refractivity contribution in [3.8, 4) is 22.8 Å². The number of halogens is 1. The topological polar surface area (TPSA) is 91.3 Å². The summed E-state index contributed by atoms with van der Waals surface area (Å²) in [5, 5.41) is 3.90. The van der Waals surface area contributed by atoms with Gasteiger partial charge in [-0.05, 0) is 48.9 Å². The maximum absolute atomic E-state index is 15.6. The van der Waals surface area contributed by atoms with E-state index < -0.39 is 5.82 Å². The molecule has 4 N–H and O–H groups in total. The summed E-state index contributed by atoms with van der Waals surface area (Å²) in [5.74, 6) is 0.814. The molecule has 0 fully saturated rings. The van der Waals surface area contributed by atoms with Gasteiger partial charge in [-0.25, -0.2) is 9.37 Å². The lowest BCUT2D eigenvalue weighted by molar-refractivity contribution is 0.174. The Morgan fingerprint density at radius 1 is 0.966 bits per heavy atom. The maximum Gasteiger partial charge on any atom is 0.231 e. The Hall–Kier alpha value is -3.71. The Morgan fingerprint density at radius 3 is 2.59 bits per heavy atom. The molecule has 0 aliphatic carbocycles. The van der Waals surface area contributed by atoms with Gasteiger partial charge in [0.1, 0.15) is 5.69 Å². The second kappa shape index (κ2) is 7.37. The number of aryl methyl sites for hydroxylation is 1. The van der Waals surface area contributed by atoms with Crippen molar-refractivity contribution in [1.29, 1.82) is 0 Å². The minimum absolute atomic E-state index is 0. The van der Waals surface area contributed by atoms with Crippen molar-refractivity contribution in [2.45, 2.75) is 6.92 Å². The van der Waals surface area contributed by atoms with E-state index in [-0.39, 0.29) is 18.6 Å². The number of nitrogens with one attached hydrogen (secondary N) is 1. The molecule has 0 amide bonds. The highest BCUT2D eigenvalue weighted by molar-refractivity contribution is 5.96. The summed E-state index contributed by atoms with van der Waals surface area (Å²) in [6.07, 6.45) is 3.32. The van der Waals surface area contributed by atoms with Crippen LogP contribution in [0, 0.1) is 12.7 Å². The standard InChI is InChI=1S/C22H16FN3O2.H3N/c1-13-2-4-16-17(10-13)26-21(14-3-5-18-19(11-14)28-12-27-18)20(23)22(16)25-15-6-8-24-9-7-15;/h2-11H,12H2,1H3,(H,24,25,26);1H3. The minimum Gasteiger partial charge on any atom is -0.454 e. The summed E-state index contributed by atoms with van der Waals surface area (Å²) in [6.45, 7) is 2.15. The highest BCUT2D eigenvalue weighted by Gasteiger charge is 2.20. The first-order valence-corrected chi connectivity index (χ1v) is 8.86. The number of pyridine rings is 2. The summed E-state index contributed by atoms with van der Waals surface area (Å²) in [5.41, 5.74) is 3.78. The van der Waals surface area contributed by atoms with Crippen molar-refractivity contribution in [3.63, 3.8) is 0 Å². The van der Waals surface area contributed by atoms with Gasteiger partial charge in [-0.15, -0.1) is 0 Å². The maximum atomic E-state index is 15.6. The number of fused-ring (bicyclic) bond motifs is 2.